The summed E-state index contributed by atoms with van der Waals surface area (Å²) in [7, 11) is 3.80. The van der Waals surface area contributed by atoms with Gasteiger partial charge in [-0.15, -0.1) is 24.0 Å². The van der Waals surface area contributed by atoms with Crippen LogP contribution in [0.1, 0.15) is 11.4 Å². The molecule has 26 heavy (non-hydrogen) atoms. The van der Waals surface area contributed by atoms with E-state index in [4.69, 9.17) is 11.6 Å². The molecule has 2 aromatic carbocycles. The van der Waals surface area contributed by atoms with Crippen LogP contribution in [0.3, 0.4) is 0 Å². The molecule has 0 spiro atoms. The Labute approximate surface area is 175 Å². The first-order valence-electron chi connectivity index (χ1n) is 8.26. The minimum absolute atomic E-state index is 0. The van der Waals surface area contributed by atoms with E-state index in [0.29, 0.717) is 6.54 Å². The number of rotatable bonds is 5. The number of imidazole rings is 1. The molecule has 0 atom stereocenters. The quantitative estimate of drug-likeness (QED) is 0.330. The van der Waals surface area contributed by atoms with Crippen molar-refractivity contribution in [3.05, 3.63) is 64.9 Å². The second kappa shape index (κ2) is 9.78. The van der Waals surface area contributed by atoms with Crippen molar-refractivity contribution in [1.29, 1.82) is 0 Å². The van der Waals surface area contributed by atoms with E-state index < -0.39 is 0 Å². The Morgan fingerprint density at radius 3 is 2.69 bits per heavy atom. The summed E-state index contributed by atoms with van der Waals surface area (Å²) in [6.45, 7) is 1.39. The van der Waals surface area contributed by atoms with Crippen LogP contribution < -0.4 is 10.6 Å². The molecule has 0 saturated carbocycles. The number of aryl methyl sites for hydroxylation is 1. The van der Waals surface area contributed by atoms with Gasteiger partial charge in [-0.3, -0.25) is 4.99 Å². The van der Waals surface area contributed by atoms with Crippen LogP contribution in [0.4, 0.5) is 0 Å². The van der Waals surface area contributed by atoms with Crippen molar-refractivity contribution < 1.29 is 0 Å². The third-order valence-corrected chi connectivity index (χ3v) is 4.35. The van der Waals surface area contributed by atoms with E-state index in [1.54, 1.807) is 7.05 Å². The maximum atomic E-state index is 6.01. The fourth-order valence-electron chi connectivity index (χ4n) is 2.75. The maximum absolute atomic E-state index is 6.01. The van der Waals surface area contributed by atoms with Gasteiger partial charge in [-0.05, 0) is 36.2 Å². The number of nitrogens with zero attached hydrogens (tertiary/aromatic N) is 3. The summed E-state index contributed by atoms with van der Waals surface area (Å²) in [5.41, 5.74) is 3.33. The Hall–Kier alpha value is -1.80. The van der Waals surface area contributed by atoms with Gasteiger partial charge in [-0.2, -0.15) is 0 Å². The fraction of sp³-hybridized carbons (Fsp3) is 0.263. The second-order valence-corrected chi connectivity index (χ2v) is 6.24. The minimum atomic E-state index is 0. The zero-order valence-corrected chi connectivity index (χ0v) is 18.0. The van der Waals surface area contributed by atoms with Crippen LogP contribution in [0.2, 0.25) is 5.02 Å². The van der Waals surface area contributed by atoms with Crippen LogP contribution in [-0.2, 0) is 20.0 Å². The van der Waals surface area contributed by atoms with Crippen LogP contribution >= 0.6 is 35.6 Å². The summed E-state index contributed by atoms with van der Waals surface area (Å²) in [5.74, 6) is 1.73. The average Bonchev–Trinajstić information content (AvgIpc) is 2.94. The Bertz CT molecular complexity index is 891. The highest BCUT2D eigenvalue weighted by atomic mass is 127. The molecule has 1 heterocycles. The molecule has 1 aromatic heterocycles. The molecule has 0 aliphatic rings. The number of guanidine groups is 1. The lowest BCUT2D eigenvalue weighted by molar-refractivity contribution is 0.734. The third kappa shape index (κ3) is 5.11. The van der Waals surface area contributed by atoms with Crippen LogP contribution in [0.15, 0.2) is 53.5 Å². The van der Waals surface area contributed by atoms with Crippen molar-refractivity contribution in [2.75, 3.05) is 13.6 Å². The summed E-state index contributed by atoms with van der Waals surface area (Å²) in [6, 6.07) is 16.0. The lowest BCUT2D eigenvalue weighted by Gasteiger charge is -2.12. The van der Waals surface area contributed by atoms with Gasteiger partial charge < -0.3 is 15.2 Å². The molecule has 138 valence electrons. The number of nitrogens with one attached hydrogen (secondary N) is 2. The third-order valence-electron chi connectivity index (χ3n) is 4.11. The zero-order valence-electron chi connectivity index (χ0n) is 14.9. The number of hydrogen-bond donors (Lipinski definition) is 2. The first-order chi connectivity index (χ1) is 12.2. The number of benzene rings is 2. The van der Waals surface area contributed by atoms with Crippen molar-refractivity contribution in [2.45, 2.75) is 13.0 Å². The molecule has 0 aliphatic heterocycles. The summed E-state index contributed by atoms with van der Waals surface area (Å²) in [4.78, 5) is 8.93. The van der Waals surface area contributed by atoms with Crippen molar-refractivity contribution in [2.24, 2.45) is 12.0 Å². The molecule has 0 fully saturated rings. The molecule has 7 heteroatoms. The summed E-state index contributed by atoms with van der Waals surface area (Å²) in [5, 5.41) is 7.40. The lowest BCUT2D eigenvalue weighted by atomic mass is 10.1. The standard InChI is InChI=1S/C19H22ClN5.HI/c1-21-19(22-11-10-14-6-5-7-15(20)12-14)23-13-18-24-16-8-3-4-9-17(16)25(18)2;/h3-9,12H,10-11,13H2,1-2H3,(H2,21,22,23);1H. The number of para-hydroxylation sites is 2. The molecular formula is C19H23ClIN5. The van der Waals surface area contributed by atoms with Crippen molar-refractivity contribution >= 4 is 52.6 Å². The van der Waals surface area contributed by atoms with Crippen molar-refractivity contribution in [3.63, 3.8) is 0 Å². The summed E-state index contributed by atoms with van der Waals surface area (Å²) >= 11 is 6.01. The number of halogens is 2. The highest BCUT2D eigenvalue weighted by Gasteiger charge is 2.07. The van der Waals surface area contributed by atoms with Crippen molar-refractivity contribution in [3.8, 4) is 0 Å². The van der Waals surface area contributed by atoms with E-state index >= 15 is 0 Å². The second-order valence-electron chi connectivity index (χ2n) is 5.81. The highest BCUT2D eigenvalue weighted by Crippen LogP contribution is 2.14. The minimum Gasteiger partial charge on any atom is -0.356 e. The number of hydrogen-bond acceptors (Lipinski definition) is 2. The Kier molecular flexibility index (Phi) is 7.71. The molecule has 0 unspecified atom stereocenters. The Balaban J connectivity index is 0.00000243. The van der Waals surface area contributed by atoms with Crippen molar-refractivity contribution in [1.82, 2.24) is 20.2 Å². The van der Waals surface area contributed by atoms with E-state index in [0.717, 1.165) is 40.8 Å². The van der Waals surface area contributed by atoms with Gasteiger partial charge >= 0.3 is 0 Å². The highest BCUT2D eigenvalue weighted by molar-refractivity contribution is 14.0. The fourth-order valence-corrected chi connectivity index (χ4v) is 2.97. The lowest BCUT2D eigenvalue weighted by Crippen LogP contribution is -2.38. The van der Waals surface area contributed by atoms with Gasteiger partial charge in [0.1, 0.15) is 5.82 Å². The summed E-state index contributed by atoms with van der Waals surface area (Å²) in [6.07, 6.45) is 0.882. The first-order valence-corrected chi connectivity index (χ1v) is 8.64. The van der Waals surface area contributed by atoms with E-state index in [9.17, 15) is 0 Å². The maximum Gasteiger partial charge on any atom is 0.191 e. The molecule has 3 aromatic rings. The SMILES string of the molecule is CN=C(NCCc1cccc(Cl)c1)NCc1nc2ccccc2n1C.I. The van der Waals surface area contributed by atoms with Gasteiger partial charge in [-0.1, -0.05) is 35.9 Å². The van der Waals surface area contributed by atoms with Crippen LogP contribution in [0, 0.1) is 0 Å². The van der Waals surface area contributed by atoms with Crippen LogP contribution in [0.25, 0.3) is 11.0 Å². The molecule has 0 radical (unpaired) electrons. The van der Waals surface area contributed by atoms with Gasteiger partial charge in [0, 0.05) is 25.7 Å². The van der Waals surface area contributed by atoms with E-state index in [1.165, 1.54) is 5.56 Å². The van der Waals surface area contributed by atoms with E-state index in [2.05, 4.69) is 37.3 Å². The smallest absolute Gasteiger partial charge is 0.191 e. The number of aliphatic imine (C=N–C) groups is 1. The molecular weight excluding hydrogens is 461 g/mol. The van der Waals surface area contributed by atoms with Gasteiger partial charge in [0.15, 0.2) is 5.96 Å². The number of fused-ring (bicyclic) bond motifs is 1. The molecule has 2 N–H and O–H groups in total. The van der Waals surface area contributed by atoms with Crippen LogP contribution in [0.5, 0.6) is 0 Å². The zero-order chi connectivity index (χ0) is 17.6. The Morgan fingerprint density at radius 2 is 1.96 bits per heavy atom. The predicted molar refractivity (Wildman–Crippen MR) is 119 cm³/mol. The number of aromatic nitrogens is 2. The first kappa shape index (κ1) is 20.5. The largest absolute Gasteiger partial charge is 0.356 e. The van der Waals surface area contributed by atoms with E-state index in [1.807, 2.05) is 43.4 Å². The topological polar surface area (TPSA) is 54.2 Å². The molecule has 0 saturated heterocycles. The van der Waals surface area contributed by atoms with E-state index in [-0.39, 0.29) is 24.0 Å². The normalized spacial score (nSPS) is 11.3. The average molecular weight is 484 g/mol. The monoisotopic (exact) mass is 483 g/mol. The van der Waals surface area contributed by atoms with Crippen LogP contribution in [-0.4, -0.2) is 29.1 Å². The Morgan fingerprint density at radius 1 is 1.15 bits per heavy atom. The molecule has 3 rings (SSSR count). The molecule has 0 aliphatic carbocycles. The van der Waals surface area contributed by atoms with Gasteiger partial charge in [0.05, 0.1) is 17.6 Å². The molecule has 0 bridgehead atoms. The molecule has 5 nitrogen and oxygen atoms in total. The van der Waals surface area contributed by atoms with Gasteiger partial charge in [0.2, 0.25) is 0 Å². The predicted octanol–water partition coefficient (Wildman–Crippen LogP) is 3.75. The summed E-state index contributed by atoms with van der Waals surface area (Å²) < 4.78 is 2.10. The van der Waals surface area contributed by atoms with Gasteiger partial charge in [0.25, 0.3) is 0 Å². The molecule has 0 amide bonds. The van der Waals surface area contributed by atoms with Gasteiger partial charge in [-0.25, -0.2) is 4.98 Å².